The lowest BCUT2D eigenvalue weighted by Crippen LogP contribution is -1.77. The van der Waals surface area contributed by atoms with E-state index in [4.69, 9.17) is 0 Å². The van der Waals surface area contributed by atoms with Gasteiger partial charge in [-0.1, -0.05) is 43.8 Å². The molecule has 0 amide bonds. The van der Waals surface area contributed by atoms with E-state index in [1.165, 1.54) is 0 Å². The summed E-state index contributed by atoms with van der Waals surface area (Å²) in [5.41, 5.74) is 2.28. The number of benzene rings is 1. The lowest BCUT2D eigenvalue weighted by Gasteiger charge is -1.97. The molecule has 1 rings (SSSR count). The molecule has 0 aliphatic carbocycles. The Morgan fingerprint density at radius 2 is 2.00 bits per heavy atom. The van der Waals surface area contributed by atoms with Gasteiger partial charge in [-0.05, 0) is 23.6 Å². The van der Waals surface area contributed by atoms with Crippen LogP contribution in [0, 0.1) is 0 Å². The van der Waals surface area contributed by atoms with Gasteiger partial charge in [-0.3, -0.25) is 4.99 Å². The van der Waals surface area contributed by atoms with E-state index < -0.39 is 0 Å². The van der Waals surface area contributed by atoms with Crippen molar-refractivity contribution >= 4 is 18.4 Å². The molecule has 0 bridgehead atoms. The van der Waals surface area contributed by atoms with Crippen LogP contribution in [0.25, 0.3) is 12.2 Å². The van der Waals surface area contributed by atoms with Crippen LogP contribution in [0.3, 0.4) is 0 Å². The van der Waals surface area contributed by atoms with Gasteiger partial charge >= 0.3 is 0 Å². The van der Waals surface area contributed by atoms with Crippen molar-refractivity contribution in [2.75, 3.05) is 0 Å². The molecule has 0 heterocycles. The molecule has 1 heteroatoms. The molecule has 1 aromatic rings. The molecule has 0 saturated carbocycles. The van der Waals surface area contributed by atoms with Crippen LogP contribution >= 0.6 is 0 Å². The fourth-order valence-electron chi connectivity index (χ4n) is 1.14. The van der Waals surface area contributed by atoms with Crippen LogP contribution in [-0.2, 0) is 0 Å². The molecule has 0 spiro atoms. The van der Waals surface area contributed by atoms with Crippen molar-refractivity contribution in [2.45, 2.75) is 13.3 Å². The monoisotopic (exact) mass is 185 g/mol. The van der Waals surface area contributed by atoms with Crippen molar-refractivity contribution in [3.05, 3.63) is 48.2 Å². The first-order chi connectivity index (χ1) is 6.88. The van der Waals surface area contributed by atoms with Crippen molar-refractivity contribution in [1.82, 2.24) is 0 Å². The molecular formula is C13H15N. The number of rotatable bonds is 4. The minimum absolute atomic E-state index is 0.966. The Balaban J connectivity index is 2.80. The van der Waals surface area contributed by atoms with Gasteiger partial charge in [-0.25, -0.2) is 0 Å². The summed E-state index contributed by atoms with van der Waals surface area (Å²) in [6.45, 7) is 5.83. The second-order valence-corrected chi connectivity index (χ2v) is 2.89. The lowest BCUT2D eigenvalue weighted by molar-refractivity contribution is 1.31. The molecule has 0 atom stereocenters. The molecule has 1 nitrogen and oxygen atoms in total. The third-order valence-corrected chi connectivity index (χ3v) is 1.84. The summed E-state index contributed by atoms with van der Waals surface area (Å²) in [4.78, 5) is 4.12. The fourth-order valence-corrected chi connectivity index (χ4v) is 1.14. The largest absolute Gasteiger partial charge is 0.269 e. The summed E-state index contributed by atoms with van der Waals surface area (Å²) in [5.74, 6) is 0. The highest BCUT2D eigenvalue weighted by Crippen LogP contribution is 2.11. The predicted octanol–water partition coefficient (Wildman–Crippen LogP) is 3.78. The maximum atomic E-state index is 4.12. The molecule has 0 radical (unpaired) electrons. The van der Waals surface area contributed by atoms with E-state index in [9.17, 15) is 0 Å². The van der Waals surface area contributed by atoms with Crippen molar-refractivity contribution in [3.63, 3.8) is 0 Å². The first-order valence-corrected chi connectivity index (χ1v) is 4.78. The zero-order chi connectivity index (χ0) is 10.2. The Kier molecular flexibility index (Phi) is 4.42. The van der Waals surface area contributed by atoms with Gasteiger partial charge in [0.15, 0.2) is 0 Å². The third-order valence-electron chi connectivity index (χ3n) is 1.84. The summed E-state index contributed by atoms with van der Waals surface area (Å²) in [6.07, 6.45) is 8.50. The van der Waals surface area contributed by atoms with Gasteiger partial charge in [0, 0.05) is 12.4 Å². The second-order valence-electron chi connectivity index (χ2n) is 2.89. The first kappa shape index (κ1) is 10.5. The maximum Gasteiger partial charge on any atom is 0.0270 e. The number of nitrogens with zero attached hydrogens (tertiary/aromatic N) is 1. The van der Waals surface area contributed by atoms with E-state index in [1.54, 1.807) is 0 Å². The molecule has 0 aliphatic rings. The summed E-state index contributed by atoms with van der Waals surface area (Å²) in [5, 5.41) is 0. The zero-order valence-corrected chi connectivity index (χ0v) is 8.48. The number of aliphatic imine (C=N–C) groups is 1. The van der Waals surface area contributed by atoms with Crippen molar-refractivity contribution in [1.29, 1.82) is 0 Å². The average molecular weight is 185 g/mol. The van der Waals surface area contributed by atoms with Crippen molar-refractivity contribution < 1.29 is 0 Å². The highest BCUT2D eigenvalue weighted by atomic mass is 14.7. The summed E-state index contributed by atoms with van der Waals surface area (Å²) < 4.78 is 0. The Morgan fingerprint density at radius 3 is 2.64 bits per heavy atom. The van der Waals surface area contributed by atoms with Crippen LogP contribution in [-0.4, -0.2) is 6.21 Å². The van der Waals surface area contributed by atoms with Crippen LogP contribution in [0.4, 0.5) is 0 Å². The van der Waals surface area contributed by atoms with Gasteiger partial charge in [0.05, 0.1) is 0 Å². The van der Waals surface area contributed by atoms with E-state index in [0.29, 0.717) is 0 Å². The van der Waals surface area contributed by atoms with Gasteiger partial charge in [0.25, 0.3) is 0 Å². The summed E-state index contributed by atoms with van der Waals surface area (Å²) >= 11 is 0. The van der Waals surface area contributed by atoms with Crippen molar-refractivity contribution in [3.8, 4) is 0 Å². The van der Waals surface area contributed by atoms with E-state index in [-0.39, 0.29) is 0 Å². The van der Waals surface area contributed by atoms with Crippen molar-refractivity contribution in [2.24, 2.45) is 4.99 Å². The minimum Gasteiger partial charge on any atom is -0.269 e. The van der Waals surface area contributed by atoms with Gasteiger partial charge in [-0.15, -0.1) is 0 Å². The van der Waals surface area contributed by atoms with Crippen LogP contribution in [0.2, 0.25) is 0 Å². The quantitative estimate of drug-likeness (QED) is 0.633. The van der Waals surface area contributed by atoms with Gasteiger partial charge < -0.3 is 0 Å². The second kappa shape index (κ2) is 5.92. The molecule has 72 valence electrons. The zero-order valence-electron chi connectivity index (χ0n) is 8.48. The van der Waals surface area contributed by atoms with Gasteiger partial charge in [0.2, 0.25) is 0 Å². The Bertz CT molecular complexity index is 348. The number of hydrogen-bond donors (Lipinski definition) is 0. The lowest BCUT2D eigenvalue weighted by atomic mass is 10.1. The van der Waals surface area contributed by atoms with Crippen LogP contribution < -0.4 is 0 Å². The highest BCUT2D eigenvalue weighted by molar-refractivity contribution is 5.65. The maximum absolute atomic E-state index is 4.12. The minimum atomic E-state index is 0.966. The molecule has 14 heavy (non-hydrogen) atoms. The molecule has 0 fully saturated rings. The molecule has 0 aromatic heterocycles. The first-order valence-electron chi connectivity index (χ1n) is 4.78. The highest BCUT2D eigenvalue weighted by Gasteiger charge is 1.91. The molecule has 1 aromatic carbocycles. The van der Waals surface area contributed by atoms with Crippen LogP contribution in [0.5, 0.6) is 0 Å². The predicted molar refractivity (Wildman–Crippen MR) is 64.4 cm³/mol. The molecular weight excluding hydrogens is 170 g/mol. The van der Waals surface area contributed by atoms with E-state index in [1.807, 2.05) is 42.8 Å². The Morgan fingerprint density at radius 1 is 1.29 bits per heavy atom. The van der Waals surface area contributed by atoms with Gasteiger partial charge in [-0.2, -0.15) is 0 Å². The standard InChI is InChI=1S/C13H15N/c1-3-10-14-11-9-13-8-6-5-7-12(13)4-2/h4-11H,2-3H2,1H3/b11-9-,14-10+. The summed E-state index contributed by atoms with van der Waals surface area (Å²) in [6, 6.07) is 8.10. The van der Waals surface area contributed by atoms with E-state index in [0.717, 1.165) is 17.5 Å². The molecule has 0 saturated heterocycles. The topological polar surface area (TPSA) is 12.4 Å². The summed E-state index contributed by atoms with van der Waals surface area (Å²) in [7, 11) is 0. The Labute approximate surface area is 85.5 Å². The van der Waals surface area contributed by atoms with Crippen LogP contribution in [0.15, 0.2) is 42.0 Å². The molecule has 0 N–H and O–H groups in total. The fraction of sp³-hybridized carbons (Fsp3) is 0.154. The SMILES string of the molecule is C=Cc1ccccc1/C=C\N=C\CC. The smallest absolute Gasteiger partial charge is 0.0270 e. The molecule has 0 unspecified atom stereocenters. The third kappa shape index (κ3) is 3.02. The van der Waals surface area contributed by atoms with Gasteiger partial charge in [0.1, 0.15) is 0 Å². The van der Waals surface area contributed by atoms with E-state index >= 15 is 0 Å². The Hall–Kier alpha value is -1.63. The van der Waals surface area contributed by atoms with E-state index in [2.05, 4.69) is 24.6 Å². The average Bonchev–Trinajstić information content (AvgIpc) is 2.25. The normalized spacial score (nSPS) is 11.2. The van der Waals surface area contributed by atoms with Crippen LogP contribution in [0.1, 0.15) is 24.5 Å². The molecule has 0 aliphatic heterocycles. The number of hydrogen-bond acceptors (Lipinski definition) is 1.